The number of carbonyl (C=O) groups excluding carboxylic acids is 1. The molecule has 150 valence electrons. The minimum atomic E-state index is -0.0711. The van der Waals surface area contributed by atoms with Gasteiger partial charge in [-0.2, -0.15) is 0 Å². The van der Waals surface area contributed by atoms with Crippen molar-refractivity contribution < 1.29 is 4.79 Å². The van der Waals surface area contributed by atoms with E-state index in [9.17, 15) is 4.79 Å². The number of nitrogens with zero attached hydrogens (tertiary/aromatic N) is 4. The van der Waals surface area contributed by atoms with Crippen LogP contribution < -0.4 is 5.73 Å². The van der Waals surface area contributed by atoms with Gasteiger partial charge in [-0.15, -0.1) is 0 Å². The quantitative estimate of drug-likeness (QED) is 0.461. The Kier molecular flexibility index (Phi) is 3.80. The molecule has 1 fully saturated rings. The molecule has 0 unspecified atom stereocenters. The SMILES string of the molecule is Nc1nc2cc(Cl)c(C(=O)N3CC[C@@H]4C[C@H]3c3ccc(Cl)cc34)cc2n2cncc12. The molecular weight excluding hydrogens is 421 g/mol. The van der Waals surface area contributed by atoms with Crippen molar-refractivity contribution >= 4 is 51.5 Å². The molecule has 6 nitrogen and oxygen atoms in total. The summed E-state index contributed by atoms with van der Waals surface area (Å²) in [5.41, 5.74) is 11.0. The Bertz CT molecular complexity index is 1360. The fourth-order valence-corrected chi connectivity index (χ4v) is 5.42. The Morgan fingerprint density at radius 3 is 2.87 bits per heavy atom. The first-order chi connectivity index (χ1) is 14.5. The van der Waals surface area contributed by atoms with Crippen LogP contribution in [0.4, 0.5) is 5.82 Å². The predicted octanol–water partition coefficient (Wildman–Crippen LogP) is 4.85. The molecule has 6 rings (SSSR count). The Hall–Kier alpha value is -2.83. The highest BCUT2D eigenvalue weighted by Gasteiger charge is 2.41. The van der Waals surface area contributed by atoms with Gasteiger partial charge in [0.15, 0.2) is 0 Å². The number of amides is 1. The van der Waals surface area contributed by atoms with E-state index in [4.69, 9.17) is 28.9 Å². The molecule has 2 aliphatic rings. The third kappa shape index (κ3) is 2.47. The zero-order chi connectivity index (χ0) is 20.6. The molecule has 0 saturated carbocycles. The standard InChI is InChI=1S/C22H17Cl2N5O/c23-12-1-2-13-14(6-12)11-3-4-28(18(13)5-11)22(30)15-7-19-17(8-16(15)24)27-21(25)20-9-26-10-29(19)20/h1-2,6-11,18H,3-5H2,(H2,25,27)/t11-,18+/m1/s1. The first-order valence-electron chi connectivity index (χ1n) is 9.82. The fraction of sp³-hybridized carbons (Fsp3) is 0.227. The Morgan fingerprint density at radius 2 is 2.00 bits per heavy atom. The summed E-state index contributed by atoms with van der Waals surface area (Å²) in [6.45, 7) is 0.690. The highest BCUT2D eigenvalue weighted by Crippen LogP contribution is 2.50. The summed E-state index contributed by atoms with van der Waals surface area (Å²) < 4.78 is 1.84. The number of nitrogens with two attached hydrogens (primary N) is 1. The lowest BCUT2D eigenvalue weighted by Gasteiger charge is -2.34. The van der Waals surface area contributed by atoms with Gasteiger partial charge < -0.3 is 10.6 Å². The number of benzene rings is 2. The summed E-state index contributed by atoms with van der Waals surface area (Å²) in [5, 5.41) is 1.11. The number of anilines is 1. The summed E-state index contributed by atoms with van der Waals surface area (Å²) in [6, 6.07) is 9.55. The summed E-state index contributed by atoms with van der Waals surface area (Å²) in [6.07, 6.45) is 5.17. The molecule has 3 heterocycles. The molecule has 1 amide bonds. The first-order valence-corrected chi connectivity index (χ1v) is 10.6. The maximum atomic E-state index is 13.6. The summed E-state index contributed by atoms with van der Waals surface area (Å²) >= 11 is 12.8. The molecule has 1 saturated heterocycles. The van der Waals surface area contributed by atoms with E-state index in [0.717, 1.165) is 23.4 Å². The zero-order valence-corrected chi connectivity index (χ0v) is 17.4. The van der Waals surface area contributed by atoms with Crippen molar-refractivity contribution in [2.75, 3.05) is 12.3 Å². The van der Waals surface area contributed by atoms with Crippen LogP contribution in [0.2, 0.25) is 10.0 Å². The smallest absolute Gasteiger partial charge is 0.255 e. The van der Waals surface area contributed by atoms with Crippen LogP contribution in [-0.2, 0) is 0 Å². The molecule has 30 heavy (non-hydrogen) atoms. The molecule has 2 aromatic heterocycles. The van der Waals surface area contributed by atoms with Gasteiger partial charge in [0.1, 0.15) is 11.3 Å². The molecule has 2 aromatic carbocycles. The summed E-state index contributed by atoms with van der Waals surface area (Å²) in [7, 11) is 0. The van der Waals surface area contributed by atoms with Crippen LogP contribution in [0, 0.1) is 0 Å². The van der Waals surface area contributed by atoms with Gasteiger partial charge in [-0.25, -0.2) is 9.97 Å². The van der Waals surface area contributed by atoms with Crippen LogP contribution in [0.1, 0.15) is 46.3 Å². The van der Waals surface area contributed by atoms with Crippen molar-refractivity contribution in [2.24, 2.45) is 0 Å². The van der Waals surface area contributed by atoms with Crippen LogP contribution >= 0.6 is 23.2 Å². The number of likely N-dealkylation sites (tertiary alicyclic amines) is 1. The zero-order valence-electron chi connectivity index (χ0n) is 15.8. The highest BCUT2D eigenvalue weighted by atomic mass is 35.5. The van der Waals surface area contributed by atoms with Gasteiger partial charge in [-0.1, -0.05) is 29.3 Å². The van der Waals surface area contributed by atoms with Crippen molar-refractivity contribution in [3.05, 3.63) is 69.6 Å². The summed E-state index contributed by atoms with van der Waals surface area (Å²) in [4.78, 5) is 24.1. The Labute approximate surface area is 182 Å². The van der Waals surface area contributed by atoms with Crippen molar-refractivity contribution in [1.29, 1.82) is 0 Å². The van der Waals surface area contributed by atoms with Gasteiger partial charge >= 0.3 is 0 Å². The van der Waals surface area contributed by atoms with Crippen LogP contribution in [-0.4, -0.2) is 31.7 Å². The van der Waals surface area contributed by atoms with Gasteiger partial charge in [-0.3, -0.25) is 9.20 Å². The molecule has 0 spiro atoms. The number of carbonyl (C=O) groups is 1. The molecule has 1 aliphatic heterocycles. The lowest BCUT2D eigenvalue weighted by atomic mass is 9.95. The summed E-state index contributed by atoms with van der Waals surface area (Å²) in [5.74, 6) is 0.759. The van der Waals surface area contributed by atoms with E-state index >= 15 is 0 Å². The second kappa shape index (κ2) is 6.33. The minimum absolute atomic E-state index is 0.0492. The first kappa shape index (κ1) is 18.0. The van der Waals surface area contributed by atoms with Crippen LogP contribution in [0.15, 0.2) is 42.9 Å². The van der Waals surface area contributed by atoms with Gasteiger partial charge in [0.05, 0.1) is 40.2 Å². The van der Waals surface area contributed by atoms with Crippen LogP contribution in [0.3, 0.4) is 0 Å². The Balaban J connectivity index is 1.46. The van der Waals surface area contributed by atoms with Gasteiger partial charge in [-0.05, 0) is 54.2 Å². The van der Waals surface area contributed by atoms with Crippen LogP contribution in [0.25, 0.3) is 16.6 Å². The van der Waals surface area contributed by atoms with E-state index in [1.807, 2.05) is 21.4 Å². The van der Waals surface area contributed by atoms with E-state index < -0.39 is 0 Å². The maximum Gasteiger partial charge on any atom is 0.255 e. The van der Waals surface area contributed by atoms with E-state index in [-0.39, 0.29) is 11.9 Å². The number of imidazole rings is 1. The normalized spacial score (nSPS) is 20.1. The van der Waals surface area contributed by atoms with Crippen molar-refractivity contribution in [2.45, 2.75) is 24.8 Å². The van der Waals surface area contributed by atoms with Crippen LogP contribution in [0.5, 0.6) is 0 Å². The third-order valence-corrected chi connectivity index (χ3v) is 6.95. The minimum Gasteiger partial charge on any atom is -0.382 e. The number of rotatable bonds is 1. The third-order valence-electron chi connectivity index (χ3n) is 6.41. The molecular formula is C22H17Cl2N5O. The molecule has 2 bridgehead atoms. The molecule has 2 atom stereocenters. The lowest BCUT2D eigenvalue weighted by molar-refractivity contribution is 0.0621. The van der Waals surface area contributed by atoms with Crippen molar-refractivity contribution in [3.63, 3.8) is 0 Å². The maximum absolute atomic E-state index is 13.6. The Morgan fingerprint density at radius 1 is 1.13 bits per heavy atom. The topological polar surface area (TPSA) is 76.5 Å². The fourth-order valence-electron chi connectivity index (χ4n) is 5.00. The number of fused-ring (bicyclic) bond motifs is 8. The van der Waals surface area contributed by atoms with E-state index in [1.165, 1.54) is 11.1 Å². The van der Waals surface area contributed by atoms with Gasteiger partial charge in [0.25, 0.3) is 5.91 Å². The average molecular weight is 438 g/mol. The number of nitrogen functional groups attached to an aromatic ring is 1. The number of hydrogen-bond donors (Lipinski definition) is 1. The molecule has 2 N–H and O–H groups in total. The van der Waals surface area contributed by atoms with E-state index in [1.54, 1.807) is 24.7 Å². The molecule has 0 radical (unpaired) electrons. The number of hydrogen-bond acceptors (Lipinski definition) is 4. The number of halogens is 2. The van der Waals surface area contributed by atoms with Crippen molar-refractivity contribution in [3.8, 4) is 0 Å². The number of aromatic nitrogens is 3. The predicted molar refractivity (Wildman–Crippen MR) is 117 cm³/mol. The second-order valence-corrected chi connectivity index (χ2v) is 8.82. The van der Waals surface area contributed by atoms with Crippen molar-refractivity contribution in [1.82, 2.24) is 19.3 Å². The van der Waals surface area contributed by atoms with Gasteiger partial charge in [0, 0.05) is 11.6 Å². The monoisotopic (exact) mass is 437 g/mol. The lowest BCUT2D eigenvalue weighted by Crippen LogP contribution is -2.37. The average Bonchev–Trinajstić information content (AvgIpc) is 3.32. The number of piperidine rings is 1. The largest absolute Gasteiger partial charge is 0.382 e. The molecule has 8 heteroatoms. The second-order valence-electron chi connectivity index (χ2n) is 7.98. The highest BCUT2D eigenvalue weighted by molar-refractivity contribution is 6.34. The van der Waals surface area contributed by atoms with E-state index in [2.05, 4.69) is 16.0 Å². The molecule has 4 aromatic rings. The van der Waals surface area contributed by atoms with Gasteiger partial charge in [0.2, 0.25) is 0 Å². The van der Waals surface area contributed by atoms with E-state index in [0.29, 0.717) is 39.9 Å². The molecule has 1 aliphatic carbocycles.